The van der Waals surface area contributed by atoms with Gasteiger partial charge >= 0.3 is 0 Å². The average Bonchev–Trinajstić information content (AvgIpc) is 2.41. The monoisotopic (exact) mass is 319 g/mol. The van der Waals surface area contributed by atoms with Crippen LogP contribution < -0.4 is 10.5 Å². The fourth-order valence-electron chi connectivity index (χ4n) is 2.12. The number of methoxy groups -OCH3 is 1. The summed E-state index contributed by atoms with van der Waals surface area (Å²) in [6, 6.07) is 14.4. The van der Waals surface area contributed by atoms with E-state index in [4.69, 9.17) is 10.5 Å². The molecular weight excluding hydrogens is 302 g/mol. The maximum Gasteiger partial charge on any atom is 0.121 e. The second-order valence-corrected chi connectivity index (χ2v) is 5.58. The molecule has 0 bridgehead atoms. The summed E-state index contributed by atoms with van der Waals surface area (Å²) in [6.07, 6.45) is 0.832. The highest BCUT2D eigenvalue weighted by Crippen LogP contribution is 2.23. The Balaban J connectivity index is 2.13. The van der Waals surface area contributed by atoms with Crippen molar-refractivity contribution < 1.29 is 4.74 Å². The van der Waals surface area contributed by atoms with Gasteiger partial charge in [-0.05, 0) is 48.2 Å². The first kappa shape index (κ1) is 14.1. The Morgan fingerprint density at radius 3 is 2.42 bits per heavy atom. The molecule has 0 spiro atoms. The van der Waals surface area contributed by atoms with Gasteiger partial charge in [0.05, 0.1) is 7.11 Å². The van der Waals surface area contributed by atoms with Gasteiger partial charge in [0.15, 0.2) is 0 Å². The molecule has 0 saturated heterocycles. The number of nitrogens with two attached hydrogens (primary N) is 1. The Kier molecular flexibility index (Phi) is 4.61. The van der Waals surface area contributed by atoms with E-state index >= 15 is 0 Å². The van der Waals surface area contributed by atoms with Crippen LogP contribution >= 0.6 is 15.9 Å². The minimum Gasteiger partial charge on any atom is -0.496 e. The van der Waals surface area contributed by atoms with Gasteiger partial charge in [-0.25, -0.2) is 0 Å². The molecule has 1 atom stereocenters. The number of halogens is 1. The lowest BCUT2D eigenvalue weighted by atomic mass is 9.98. The number of hydrogen-bond acceptors (Lipinski definition) is 2. The van der Waals surface area contributed by atoms with Gasteiger partial charge < -0.3 is 10.5 Å². The van der Waals surface area contributed by atoms with Crippen molar-refractivity contribution >= 4 is 15.9 Å². The molecule has 2 rings (SSSR count). The molecule has 0 aromatic heterocycles. The number of aryl methyl sites for hydroxylation is 1. The quantitative estimate of drug-likeness (QED) is 0.924. The molecule has 2 N–H and O–H groups in total. The first-order chi connectivity index (χ1) is 9.10. The van der Waals surface area contributed by atoms with Crippen molar-refractivity contribution in [3.8, 4) is 5.75 Å². The lowest BCUT2D eigenvalue weighted by Crippen LogP contribution is -2.13. The highest BCUT2D eigenvalue weighted by molar-refractivity contribution is 9.10. The third-order valence-electron chi connectivity index (χ3n) is 3.22. The van der Waals surface area contributed by atoms with Crippen LogP contribution in [0.1, 0.15) is 22.7 Å². The number of ether oxygens (including phenoxy) is 1. The third-order valence-corrected chi connectivity index (χ3v) is 3.74. The summed E-state index contributed by atoms with van der Waals surface area (Å²) >= 11 is 3.44. The third kappa shape index (κ3) is 3.58. The fraction of sp³-hybridized carbons (Fsp3) is 0.250. The van der Waals surface area contributed by atoms with Crippen LogP contribution in [0.2, 0.25) is 0 Å². The first-order valence-corrected chi connectivity index (χ1v) is 7.04. The van der Waals surface area contributed by atoms with Gasteiger partial charge in [0, 0.05) is 10.5 Å². The van der Waals surface area contributed by atoms with E-state index in [0.717, 1.165) is 27.8 Å². The van der Waals surface area contributed by atoms with Gasteiger partial charge in [0.25, 0.3) is 0 Å². The summed E-state index contributed by atoms with van der Waals surface area (Å²) < 4.78 is 6.35. The molecule has 19 heavy (non-hydrogen) atoms. The van der Waals surface area contributed by atoms with Crippen molar-refractivity contribution in [3.63, 3.8) is 0 Å². The fourth-order valence-corrected chi connectivity index (χ4v) is 2.39. The molecule has 0 fully saturated rings. The van der Waals surface area contributed by atoms with E-state index in [-0.39, 0.29) is 6.04 Å². The maximum absolute atomic E-state index is 6.27. The van der Waals surface area contributed by atoms with E-state index in [9.17, 15) is 0 Å². The van der Waals surface area contributed by atoms with Crippen LogP contribution in [0, 0.1) is 6.92 Å². The Labute approximate surface area is 122 Å². The zero-order valence-electron chi connectivity index (χ0n) is 11.2. The summed E-state index contributed by atoms with van der Waals surface area (Å²) in [5.41, 5.74) is 9.77. The first-order valence-electron chi connectivity index (χ1n) is 6.24. The largest absolute Gasteiger partial charge is 0.496 e. The Bertz CT molecular complexity index is 551. The van der Waals surface area contributed by atoms with Crippen molar-refractivity contribution in [2.24, 2.45) is 5.73 Å². The van der Waals surface area contributed by atoms with Crippen LogP contribution in [0.15, 0.2) is 46.9 Å². The van der Waals surface area contributed by atoms with E-state index in [2.05, 4.69) is 34.1 Å². The van der Waals surface area contributed by atoms with Crippen LogP contribution in [0.25, 0.3) is 0 Å². The topological polar surface area (TPSA) is 35.2 Å². The zero-order chi connectivity index (χ0) is 13.8. The smallest absolute Gasteiger partial charge is 0.121 e. The molecule has 0 heterocycles. The molecule has 3 heteroatoms. The Hall–Kier alpha value is -1.32. The molecule has 2 aromatic carbocycles. The van der Waals surface area contributed by atoms with Crippen molar-refractivity contribution in [2.75, 3.05) is 7.11 Å². The lowest BCUT2D eigenvalue weighted by Gasteiger charge is -2.14. The molecule has 1 unspecified atom stereocenters. The number of hydrogen-bond donors (Lipinski definition) is 1. The summed E-state index contributed by atoms with van der Waals surface area (Å²) in [7, 11) is 1.68. The van der Waals surface area contributed by atoms with Gasteiger partial charge in [-0.15, -0.1) is 0 Å². The van der Waals surface area contributed by atoms with Crippen LogP contribution in [-0.4, -0.2) is 7.11 Å². The van der Waals surface area contributed by atoms with Gasteiger partial charge in [0.1, 0.15) is 5.75 Å². The van der Waals surface area contributed by atoms with Crippen molar-refractivity contribution in [1.29, 1.82) is 0 Å². The molecule has 0 aliphatic rings. The number of rotatable bonds is 4. The summed E-state index contributed by atoms with van der Waals surface area (Å²) in [5.74, 6) is 0.902. The SMILES string of the molecule is COc1ccc(C(N)Cc2ccc(Br)cc2)cc1C. The predicted molar refractivity (Wildman–Crippen MR) is 82.5 cm³/mol. The molecule has 0 saturated carbocycles. The molecule has 2 nitrogen and oxygen atoms in total. The lowest BCUT2D eigenvalue weighted by molar-refractivity contribution is 0.411. The minimum absolute atomic E-state index is 0.00535. The second kappa shape index (κ2) is 6.22. The van der Waals surface area contributed by atoms with Crippen LogP contribution in [0.5, 0.6) is 5.75 Å². The molecular formula is C16H18BrNO. The van der Waals surface area contributed by atoms with Crippen LogP contribution in [0.3, 0.4) is 0 Å². The summed E-state index contributed by atoms with van der Waals surface area (Å²) in [6.45, 7) is 2.04. The van der Waals surface area contributed by atoms with Crippen LogP contribution in [-0.2, 0) is 6.42 Å². The van der Waals surface area contributed by atoms with E-state index < -0.39 is 0 Å². The molecule has 0 amide bonds. The highest BCUT2D eigenvalue weighted by Gasteiger charge is 2.09. The van der Waals surface area contributed by atoms with Gasteiger partial charge in [-0.2, -0.15) is 0 Å². The molecule has 0 aliphatic carbocycles. The van der Waals surface area contributed by atoms with E-state index in [1.165, 1.54) is 5.56 Å². The van der Waals surface area contributed by atoms with Gasteiger partial charge in [-0.3, -0.25) is 0 Å². The van der Waals surface area contributed by atoms with E-state index in [0.29, 0.717) is 0 Å². The zero-order valence-corrected chi connectivity index (χ0v) is 12.8. The normalized spacial score (nSPS) is 12.2. The predicted octanol–water partition coefficient (Wildman–Crippen LogP) is 4.01. The van der Waals surface area contributed by atoms with Gasteiger partial charge in [-0.1, -0.05) is 40.2 Å². The molecule has 0 radical (unpaired) electrons. The Morgan fingerprint density at radius 2 is 1.84 bits per heavy atom. The van der Waals surface area contributed by atoms with Crippen molar-refractivity contribution in [2.45, 2.75) is 19.4 Å². The second-order valence-electron chi connectivity index (χ2n) is 4.67. The van der Waals surface area contributed by atoms with E-state index in [1.807, 2.05) is 31.2 Å². The van der Waals surface area contributed by atoms with Crippen molar-refractivity contribution in [1.82, 2.24) is 0 Å². The summed E-state index contributed by atoms with van der Waals surface area (Å²) in [4.78, 5) is 0. The maximum atomic E-state index is 6.27. The van der Waals surface area contributed by atoms with E-state index in [1.54, 1.807) is 7.11 Å². The molecule has 0 aliphatic heterocycles. The van der Waals surface area contributed by atoms with Gasteiger partial charge in [0.2, 0.25) is 0 Å². The molecule has 100 valence electrons. The highest BCUT2D eigenvalue weighted by atomic mass is 79.9. The van der Waals surface area contributed by atoms with Crippen molar-refractivity contribution in [3.05, 3.63) is 63.6 Å². The average molecular weight is 320 g/mol. The summed E-state index contributed by atoms with van der Waals surface area (Å²) in [5, 5.41) is 0. The van der Waals surface area contributed by atoms with Crippen LogP contribution in [0.4, 0.5) is 0 Å². The standard InChI is InChI=1S/C16H18BrNO/c1-11-9-13(5-8-16(11)19-2)15(18)10-12-3-6-14(17)7-4-12/h3-9,15H,10,18H2,1-2H3. The molecule has 2 aromatic rings. The number of benzene rings is 2. The minimum atomic E-state index is 0.00535. The Morgan fingerprint density at radius 1 is 1.16 bits per heavy atom.